The third-order valence-corrected chi connectivity index (χ3v) is 6.65. The second-order valence-electron chi connectivity index (χ2n) is 9.02. The number of anilines is 1. The second-order valence-corrected chi connectivity index (χ2v) is 9.43. The van der Waals surface area contributed by atoms with Gasteiger partial charge in [0.1, 0.15) is 26.2 Å². The molecule has 0 aliphatic carbocycles. The highest BCUT2D eigenvalue weighted by atomic mass is 35.5. The lowest BCUT2D eigenvalue weighted by Gasteiger charge is -2.38. The number of hydrogen-bond acceptors (Lipinski definition) is 2. The first kappa shape index (κ1) is 22.1. The van der Waals surface area contributed by atoms with Gasteiger partial charge in [-0.1, -0.05) is 37.6 Å². The number of halogens is 1. The summed E-state index contributed by atoms with van der Waals surface area (Å²) in [6, 6.07) is 7.28. The second kappa shape index (κ2) is 9.92. The highest BCUT2D eigenvalue weighted by Gasteiger charge is 2.36. The molecule has 1 aromatic carbocycles. The van der Waals surface area contributed by atoms with Crippen molar-refractivity contribution in [3.8, 4) is 0 Å². The van der Waals surface area contributed by atoms with Gasteiger partial charge in [0, 0.05) is 13.1 Å². The molecule has 0 spiro atoms. The number of piperidine rings is 1. The number of carbonyl (C=O) groups excluding carboxylic acids is 2. The summed E-state index contributed by atoms with van der Waals surface area (Å²) >= 11 is 6.12. The van der Waals surface area contributed by atoms with Crippen molar-refractivity contribution < 1.29 is 19.4 Å². The van der Waals surface area contributed by atoms with Gasteiger partial charge >= 0.3 is 0 Å². The van der Waals surface area contributed by atoms with Gasteiger partial charge in [-0.2, -0.15) is 0 Å². The molecule has 0 unspecified atom stereocenters. The molecule has 2 saturated heterocycles. The Morgan fingerprint density at radius 1 is 1.14 bits per heavy atom. The number of likely N-dealkylation sites (tertiary alicyclic amines) is 1. The van der Waals surface area contributed by atoms with E-state index in [4.69, 9.17) is 11.6 Å². The van der Waals surface area contributed by atoms with Crippen molar-refractivity contribution in [3.05, 3.63) is 29.3 Å². The van der Waals surface area contributed by atoms with Crippen molar-refractivity contribution in [1.82, 2.24) is 4.90 Å². The summed E-state index contributed by atoms with van der Waals surface area (Å²) < 4.78 is 0. The number of quaternary nitrogens is 2. The predicted octanol–water partition coefficient (Wildman–Crippen LogP) is -0.0451. The van der Waals surface area contributed by atoms with E-state index in [-0.39, 0.29) is 11.9 Å². The van der Waals surface area contributed by atoms with Crippen LogP contribution in [-0.2, 0) is 9.59 Å². The van der Waals surface area contributed by atoms with Crippen molar-refractivity contribution in [3.63, 3.8) is 0 Å². The van der Waals surface area contributed by atoms with Crippen molar-refractivity contribution in [2.45, 2.75) is 33.2 Å². The maximum absolute atomic E-state index is 13.0. The van der Waals surface area contributed by atoms with Crippen LogP contribution in [0.2, 0.25) is 5.02 Å². The zero-order chi connectivity index (χ0) is 21.0. The number of rotatable bonds is 5. The third kappa shape index (κ3) is 5.93. The van der Waals surface area contributed by atoms with Crippen LogP contribution in [0.4, 0.5) is 5.69 Å². The summed E-state index contributed by atoms with van der Waals surface area (Å²) in [5.74, 6) is 1.45. The molecule has 29 heavy (non-hydrogen) atoms. The van der Waals surface area contributed by atoms with Gasteiger partial charge in [-0.15, -0.1) is 0 Å². The van der Waals surface area contributed by atoms with Crippen LogP contribution in [0.1, 0.15) is 27.2 Å². The number of hydrogen-bond donors (Lipinski definition) is 3. The molecule has 0 saturated carbocycles. The largest absolute Gasteiger partial charge is 0.337 e. The first-order chi connectivity index (χ1) is 13.8. The molecule has 2 aliphatic heterocycles. The Balaban J connectivity index is 1.45. The predicted molar refractivity (Wildman–Crippen MR) is 115 cm³/mol. The Hall–Kier alpha value is -1.63. The fourth-order valence-electron chi connectivity index (χ4n) is 4.81. The van der Waals surface area contributed by atoms with Crippen LogP contribution in [0.25, 0.3) is 0 Å². The number of nitrogens with one attached hydrogen (secondary N) is 3. The van der Waals surface area contributed by atoms with Gasteiger partial charge in [0.05, 0.1) is 10.7 Å². The Morgan fingerprint density at radius 3 is 2.38 bits per heavy atom. The minimum atomic E-state index is -0.0167. The first-order valence-corrected chi connectivity index (χ1v) is 11.2. The molecular formula is C22H35ClN4O2+2. The molecule has 7 heteroatoms. The molecule has 160 valence electrons. The SMILES string of the molecule is C[C@@H]1C[C@@H](C)CN(C(=O)[C@@H](C)[NH+]2CC[NH+](CC(=O)Nc3ccccc3Cl)CC2)C1. The highest BCUT2D eigenvalue weighted by molar-refractivity contribution is 6.33. The van der Waals surface area contributed by atoms with E-state index >= 15 is 0 Å². The zero-order valence-electron chi connectivity index (χ0n) is 17.8. The van der Waals surface area contributed by atoms with E-state index in [1.807, 2.05) is 18.2 Å². The van der Waals surface area contributed by atoms with Crippen molar-refractivity contribution in [1.29, 1.82) is 0 Å². The molecule has 3 rings (SSSR count). The number of para-hydroxylation sites is 1. The molecule has 3 N–H and O–H groups in total. The summed E-state index contributed by atoms with van der Waals surface area (Å²) in [7, 11) is 0. The molecule has 2 amide bonds. The van der Waals surface area contributed by atoms with E-state index < -0.39 is 0 Å². The lowest BCUT2D eigenvalue weighted by atomic mass is 9.91. The maximum atomic E-state index is 13.0. The molecular weight excluding hydrogens is 388 g/mol. The number of piperazine rings is 1. The lowest BCUT2D eigenvalue weighted by Crippen LogP contribution is -3.30. The molecule has 2 heterocycles. The van der Waals surface area contributed by atoms with Crippen LogP contribution in [0.3, 0.4) is 0 Å². The molecule has 2 fully saturated rings. The third-order valence-electron chi connectivity index (χ3n) is 6.32. The van der Waals surface area contributed by atoms with Gasteiger partial charge in [0.25, 0.3) is 11.8 Å². The topological polar surface area (TPSA) is 58.3 Å². The zero-order valence-corrected chi connectivity index (χ0v) is 18.6. The van der Waals surface area contributed by atoms with Gasteiger partial charge in [-0.05, 0) is 37.3 Å². The van der Waals surface area contributed by atoms with E-state index in [0.29, 0.717) is 35.0 Å². The standard InChI is InChI=1S/C22H33ClN4O2/c1-16-12-17(2)14-27(13-16)22(29)18(3)26-10-8-25(9-11-26)15-21(28)24-20-7-5-4-6-19(20)23/h4-7,16-18H,8-15H2,1-3H3,(H,24,28)/p+2/t16-,17-,18-/m1/s1. The molecule has 1 aromatic rings. The highest BCUT2D eigenvalue weighted by Crippen LogP contribution is 2.21. The molecule has 0 bridgehead atoms. The van der Waals surface area contributed by atoms with E-state index in [0.717, 1.165) is 39.3 Å². The van der Waals surface area contributed by atoms with Crippen molar-refractivity contribution in [2.75, 3.05) is 51.1 Å². The quantitative estimate of drug-likeness (QED) is 0.623. The molecule has 0 radical (unpaired) electrons. The molecule has 6 nitrogen and oxygen atoms in total. The van der Waals surface area contributed by atoms with Gasteiger partial charge in [0.15, 0.2) is 12.6 Å². The first-order valence-electron chi connectivity index (χ1n) is 10.8. The summed E-state index contributed by atoms with van der Waals surface area (Å²) in [6.45, 7) is 12.4. The molecule has 2 aliphatic rings. The Labute approximate surface area is 179 Å². The summed E-state index contributed by atoms with van der Waals surface area (Å²) in [5.41, 5.74) is 0.659. The van der Waals surface area contributed by atoms with Crippen molar-refractivity contribution >= 4 is 29.1 Å². The Bertz CT molecular complexity index is 711. The Morgan fingerprint density at radius 2 is 1.76 bits per heavy atom. The average molecular weight is 423 g/mol. The van der Waals surface area contributed by atoms with Gasteiger partial charge in [0.2, 0.25) is 0 Å². The average Bonchev–Trinajstić information content (AvgIpc) is 2.68. The van der Waals surface area contributed by atoms with Crippen LogP contribution < -0.4 is 15.1 Å². The summed E-state index contributed by atoms with van der Waals surface area (Å²) in [5, 5.41) is 3.46. The summed E-state index contributed by atoms with van der Waals surface area (Å²) in [4.78, 5) is 30.1. The Kier molecular flexibility index (Phi) is 7.55. The van der Waals surface area contributed by atoms with Crippen molar-refractivity contribution in [2.24, 2.45) is 11.8 Å². The van der Waals surface area contributed by atoms with Gasteiger partial charge in [-0.25, -0.2) is 0 Å². The minimum absolute atomic E-state index is 0.00833. The smallest absolute Gasteiger partial charge is 0.280 e. The molecule has 0 aromatic heterocycles. The number of carbonyl (C=O) groups is 2. The van der Waals surface area contributed by atoms with Crippen LogP contribution in [0, 0.1) is 11.8 Å². The van der Waals surface area contributed by atoms with Crippen LogP contribution in [0.15, 0.2) is 24.3 Å². The van der Waals surface area contributed by atoms with E-state index in [2.05, 4.69) is 31.0 Å². The van der Waals surface area contributed by atoms with E-state index in [1.54, 1.807) is 6.07 Å². The van der Waals surface area contributed by atoms with E-state index in [1.165, 1.54) is 16.2 Å². The number of benzene rings is 1. The monoisotopic (exact) mass is 422 g/mol. The normalized spacial score (nSPS) is 28.6. The number of amides is 2. The van der Waals surface area contributed by atoms with Gasteiger partial charge < -0.3 is 20.0 Å². The minimum Gasteiger partial charge on any atom is -0.337 e. The van der Waals surface area contributed by atoms with Crippen LogP contribution >= 0.6 is 11.6 Å². The fourth-order valence-corrected chi connectivity index (χ4v) is 4.99. The van der Waals surface area contributed by atoms with E-state index in [9.17, 15) is 9.59 Å². The van der Waals surface area contributed by atoms with Gasteiger partial charge in [-0.3, -0.25) is 9.59 Å². The number of nitrogens with zero attached hydrogens (tertiary/aromatic N) is 1. The maximum Gasteiger partial charge on any atom is 0.280 e. The summed E-state index contributed by atoms with van der Waals surface area (Å²) in [6.07, 6.45) is 1.21. The molecule has 3 atom stereocenters. The fraction of sp³-hybridized carbons (Fsp3) is 0.636. The van der Waals surface area contributed by atoms with Crippen LogP contribution in [-0.4, -0.2) is 68.6 Å². The van der Waals surface area contributed by atoms with Crippen LogP contribution in [0.5, 0.6) is 0 Å². The lowest BCUT2D eigenvalue weighted by molar-refractivity contribution is -1.01.